The van der Waals surface area contributed by atoms with E-state index in [9.17, 15) is 9.18 Å². The molecule has 0 radical (unpaired) electrons. The second-order valence-electron chi connectivity index (χ2n) is 9.04. The minimum Gasteiger partial charge on any atom is -0.489 e. The molecule has 2 heterocycles. The normalized spacial score (nSPS) is 12.2. The molecule has 0 spiro atoms. The van der Waals surface area contributed by atoms with Gasteiger partial charge in [0.2, 0.25) is 0 Å². The summed E-state index contributed by atoms with van der Waals surface area (Å²) in [5.41, 5.74) is 1.43. The number of aryl methyl sites for hydroxylation is 1. The fourth-order valence-corrected chi connectivity index (χ4v) is 5.06. The number of amides is 1. The lowest BCUT2D eigenvalue weighted by atomic mass is 9.99. The first-order valence-corrected chi connectivity index (χ1v) is 12.9. The van der Waals surface area contributed by atoms with Crippen LogP contribution in [0.25, 0.3) is 10.2 Å². The molecule has 3 aromatic rings. The smallest absolute Gasteiger partial charge is 0.261 e. The molecule has 0 aliphatic heterocycles. The number of aromatic nitrogens is 2. The molecule has 0 aliphatic rings. The van der Waals surface area contributed by atoms with Crippen LogP contribution in [0.5, 0.6) is 5.75 Å². The molecule has 1 unspecified atom stereocenters. The van der Waals surface area contributed by atoms with Crippen molar-refractivity contribution in [2.75, 3.05) is 11.9 Å². The third-order valence-corrected chi connectivity index (χ3v) is 6.88. The summed E-state index contributed by atoms with van der Waals surface area (Å²) in [4.78, 5) is 23.0. The van der Waals surface area contributed by atoms with Gasteiger partial charge in [-0.25, -0.2) is 14.4 Å². The number of nitrogens with one attached hydrogen (secondary N) is 2. The molecular weight excluding hydrogens is 451 g/mol. The van der Waals surface area contributed by atoms with Gasteiger partial charge in [0.25, 0.3) is 5.91 Å². The zero-order chi connectivity index (χ0) is 24.7. The van der Waals surface area contributed by atoms with Crippen molar-refractivity contribution in [3.8, 4) is 5.75 Å². The number of rotatable bonds is 12. The molecule has 1 aromatic carbocycles. The van der Waals surface area contributed by atoms with Crippen molar-refractivity contribution < 1.29 is 13.9 Å². The Morgan fingerprint density at radius 1 is 1.18 bits per heavy atom. The van der Waals surface area contributed by atoms with E-state index in [1.807, 2.05) is 20.8 Å². The fourth-order valence-electron chi connectivity index (χ4n) is 4.00. The predicted octanol–water partition coefficient (Wildman–Crippen LogP) is 7.01. The van der Waals surface area contributed by atoms with E-state index < -0.39 is 0 Å². The molecule has 3 rings (SSSR count). The van der Waals surface area contributed by atoms with E-state index >= 15 is 0 Å². The second kappa shape index (κ2) is 12.1. The summed E-state index contributed by atoms with van der Waals surface area (Å²) in [7, 11) is 0. The number of thiophene rings is 1. The van der Waals surface area contributed by atoms with E-state index in [-0.39, 0.29) is 17.8 Å². The molecule has 0 aliphatic carbocycles. The number of nitrogens with zero attached hydrogens (tertiary/aromatic N) is 2. The van der Waals surface area contributed by atoms with Crippen molar-refractivity contribution in [3.63, 3.8) is 0 Å². The first-order chi connectivity index (χ1) is 16.3. The van der Waals surface area contributed by atoms with E-state index in [1.165, 1.54) is 49.1 Å². The van der Waals surface area contributed by atoms with Crippen molar-refractivity contribution in [2.45, 2.75) is 72.8 Å². The zero-order valence-corrected chi connectivity index (χ0v) is 21.5. The van der Waals surface area contributed by atoms with Gasteiger partial charge in [0, 0.05) is 12.6 Å². The highest BCUT2D eigenvalue weighted by molar-refractivity contribution is 7.20. The minimum absolute atomic E-state index is 0.0846. The maximum atomic E-state index is 13.8. The number of unbranched alkanes of at least 4 members (excludes halogenated alkanes) is 1. The third kappa shape index (κ3) is 6.65. The number of halogens is 1. The number of benzene rings is 1. The van der Waals surface area contributed by atoms with Crippen molar-refractivity contribution in [3.05, 3.63) is 40.8 Å². The molecule has 1 atom stereocenters. The molecule has 34 heavy (non-hydrogen) atoms. The molecule has 0 saturated heterocycles. The number of carbonyl (C=O) groups is 1. The van der Waals surface area contributed by atoms with E-state index in [0.29, 0.717) is 28.7 Å². The van der Waals surface area contributed by atoms with Crippen molar-refractivity contribution in [1.82, 2.24) is 15.3 Å². The van der Waals surface area contributed by atoms with Gasteiger partial charge >= 0.3 is 0 Å². The molecular formula is C26H35FN4O2S. The first kappa shape index (κ1) is 25.9. The molecule has 6 nitrogen and oxygen atoms in total. The van der Waals surface area contributed by atoms with Crippen LogP contribution in [-0.2, 0) is 0 Å². The van der Waals surface area contributed by atoms with E-state index in [4.69, 9.17) is 4.74 Å². The molecule has 0 fully saturated rings. The SMILES string of the molecule is CCCC(C)CCCCNC(=O)c1sc2ncnc(Nc3ccc(F)cc3OC(C)C)c2c1C. The lowest BCUT2D eigenvalue weighted by Gasteiger charge is -2.16. The van der Waals surface area contributed by atoms with Gasteiger partial charge in [-0.15, -0.1) is 11.3 Å². The highest BCUT2D eigenvalue weighted by atomic mass is 32.1. The van der Waals surface area contributed by atoms with Crippen LogP contribution in [0.3, 0.4) is 0 Å². The summed E-state index contributed by atoms with van der Waals surface area (Å²) in [6, 6.07) is 4.34. The van der Waals surface area contributed by atoms with Crippen LogP contribution in [0.15, 0.2) is 24.5 Å². The number of anilines is 2. The second-order valence-corrected chi connectivity index (χ2v) is 10.0. The molecule has 0 saturated carbocycles. The average molecular weight is 487 g/mol. The Kier molecular flexibility index (Phi) is 9.21. The largest absolute Gasteiger partial charge is 0.489 e. The summed E-state index contributed by atoms with van der Waals surface area (Å²) < 4.78 is 19.6. The number of hydrogen-bond donors (Lipinski definition) is 2. The molecule has 0 bridgehead atoms. The summed E-state index contributed by atoms with van der Waals surface area (Å²) in [5, 5.41) is 7.09. The Hall–Kier alpha value is -2.74. The van der Waals surface area contributed by atoms with Gasteiger partial charge in [0.05, 0.1) is 22.1 Å². The maximum Gasteiger partial charge on any atom is 0.261 e. The van der Waals surface area contributed by atoms with Gasteiger partial charge in [0.15, 0.2) is 0 Å². The topological polar surface area (TPSA) is 76.1 Å². The molecule has 1 amide bonds. The van der Waals surface area contributed by atoms with Crippen LogP contribution in [0, 0.1) is 18.7 Å². The lowest BCUT2D eigenvalue weighted by Crippen LogP contribution is -2.24. The average Bonchev–Trinajstić information content (AvgIpc) is 3.12. The predicted molar refractivity (Wildman–Crippen MR) is 138 cm³/mol. The quantitative estimate of drug-likeness (QED) is 0.269. The van der Waals surface area contributed by atoms with Crippen LogP contribution in [0.4, 0.5) is 15.9 Å². The van der Waals surface area contributed by atoms with Crippen molar-refractivity contribution in [1.29, 1.82) is 0 Å². The Morgan fingerprint density at radius 2 is 1.97 bits per heavy atom. The van der Waals surface area contributed by atoms with Gasteiger partial charge in [-0.1, -0.05) is 39.5 Å². The molecule has 184 valence electrons. The van der Waals surface area contributed by atoms with Crippen LogP contribution in [0.1, 0.15) is 75.0 Å². The number of carbonyl (C=O) groups excluding carboxylic acids is 1. The molecule has 2 aromatic heterocycles. The number of fused-ring (bicyclic) bond motifs is 1. The van der Waals surface area contributed by atoms with E-state index in [2.05, 4.69) is 34.4 Å². The summed E-state index contributed by atoms with van der Waals surface area (Å²) >= 11 is 1.35. The van der Waals surface area contributed by atoms with Crippen LogP contribution < -0.4 is 15.4 Å². The number of hydrogen-bond acceptors (Lipinski definition) is 6. The third-order valence-electron chi connectivity index (χ3n) is 5.68. The number of ether oxygens (including phenoxy) is 1. The van der Waals surface area contributed by atoms with Crippen molar-refractivity contribution in [2.24, 2.45) is 5.92 Å². The highest BCUT2D eigenvalue weighted by Crippen LogP contribution is 2.36. The molecule has 2 N–H and O–H groups in total. The van der Waals surface area contributed by atoms with Crippen LogP contribution >= 0.6 is 11.3 Å². The van der Waals surface area contributed by atoms with Gasteiger partial charge in [-0.3, -0.25) is 4.79 Å². The Labute approximate surface area is 205 Å². The zero-order valence-electron chi connectivity index (χ0n) is 20.7. The van der Waals surface area contributed by atoms with E-state index in [1.54, 1.807) is 6.07 Å². The van der Waals surface area contributed by atoms with E-state index in [0.717, 1.165) is 34.5 Å². The van der Waals surface area contributed by atoms with Gasteiger partial charge in [0.1, 0.15) is 28.5 Å². The minimum atomic E-state index is -0.375. The van der Waals surface area contributed by atoms with Crippen LogP contribution in [-0.4, -0.2) is 28.5 Å². The van der Waals surface area contributed by atoms with Gasteiger partial charge in [-0.2, -0.15) is 0 Å². The Balaban J connectivity index is 1.74. The first-order valence-electron chi connectivity index (χ1n) is 12.1. The highest BCUT2D eigenvalue weighted by Gasteiger charge is 2.20. The fraction of sp³-hybridized carbons (Fsp3) is 0.500. The summed E-state index contributed by atoms with van der Waals surface area (Å²) in [6.45, 7) is 10.8. The standard InChI is InChI=1S/C26H35FN4O2S/c1-6-9-17(4)10-7-8-13-28-25(32)23-18(5)22-24(29-15-30-26(22)34-23)31-20-12-11-19(27)14-21(20)33-16(2)3/h11-12,14-17H,6-10,13H2,1-5H3,(H,28,32)(H,29,30,31). The summed E-state index contributed by atoms with van der Waals surface area (Å²) in [6.07, 6.45) is 7.11. The Morgan fingerprint density at radius 3 is 2.71 bits per heavy atom. The summed E-state index contributed by atoms with van der Waals surface area (Å²) in [5.74, 6) is 1.24. The monoisotopic (exact) mass is 486 g/mol. The maximum absolute atomic E-state index is 13.8. The van der Waals surface area contributed by atoms with Crippen molar-refractivity contribution >= 4 is 39.0 Å². The van der Waals surface area contributed by atoms with Crippen LogP contribution in [0.2, 0.25) is 0 Å². The molecule has 8 heteroatoms. The van der Waals surface area contributed by atoms with Gasteiger partial charge < -0.3 is 15.4 Å². The lowest BCUT2D eigenvalue weighted by molar-refractivity contribution is 0.0956. The Bertz CT molecular complexity index is 1120. The van der Waals surface area contributed by atoms with Gasteiger partial charge in [-0.05, 0) is 50.8 Å².